The fraction of sp³-hybridized carbons (Fsp3) is 0.529. The summed E-state index contributed by atoms with van der Waals surface area (Å²) in [6.45, 7) is 3.91. The van der Waals surface area contributed by atoms with E-state index in [-0.39, 0.29) is 11.9 Å². The van der Waals surface area contributed by atoms with Gasteiger partial charge in [0.05, 0.1) is 18.8 Å². The summed E-state index contributed by atoms with van der Waals surface area (Å²) in [5.41, 5.74) is 8.95. The van der Waals surface area contributed by atoms with Gasteiger partial charge in [0.25, 0.3) is 0 Å². The Bertz CT molecular complexity index is 694. The molecular formula is C17H22FN5O. The molecule has 0 bridgehead atoms. The van der Waals surface area contributed by atoms with Crippen LogP contribution in [0, 0.1) is 5.82 Å². The maximum atomic E-state index is 13.1. The second-order valence-corrected chi connectivity index (χ2v) is 6.63. The molecule has 24 heavy (non-hydrogen) atoms. The lowest BCUT2D eigenvalue weighted by Gasteiger charge is -2.30. The van der Waals surface area contributed by atoms with Gasteiger partial charge in [-0.05, 0) is 30.5 Å². The average molecular weight is 331 g/mol. The maximum Gasteiger partial charge on any atom is 0.123 e. The van der Waals surface area contributed by atoms with E-state index in [1.807, 2.05) is 4.68 Å². The van der Waals surface area contributed by atoms with Crippen molar-refractivity contribution < 1.29 is 9.13 Å². The van der Waals surface area contributed by atoms with E-state index in [0.29, 0.717) is 19.2 Å². The fourth-order valence-corrected chi connectivity index (χ4v) is 3.39. The molecule has 1 fully saturated rings. The van der Waals surface area contributed by atoms with E-state index in [2.05, 4.69) is 15.2 Å². The van der Waals surface area contributed by atoms with E-state index in [4.69, 9.17) is 10.5 Å². The molecule has 7 heteroatoms. The van der Waals surface area contributed by atoms with Crippen molar-refractivity contribution in [2.24, 2.45) is 5.73 Å². The zero-order valence-corrected chi connectivity index (χ0v) is 13.6. The summed E-state index contributed by atoms with van der Waals surface area (Å²) in [5.74, 6) is -0.237. The van der Waals surface area contributed by atoms with Crippen LogP contribution in [0.4, 0.5) is 4.39 Å². The molecule has 0 radical (unpaired) electrons. The van der Waals surface area contributed by atoms with E-state index in [9.17, 15) is 4.39 Å². The first-order valence-electron chi connectivity index (χ1n) is 8.45. The zero-order valence-electron chi connectivity index (χ0n) is 13.6. The fourth-order valence-electron chi connectivity index (χ4n) is 3.39. The number of benzene rings is 1. The number of aromatic nitrogens is 3. The summed E-state index contributed by atoms with van der Waals surface area (Å²) >= 11 is 0. The van der Waals surface area contributed by atoms with E-state index in [1.165, 1.54) is 12.1 Å². The predicted molar refractivity (Wildman–Crippen MR) is 86.4 cm³/mol. The highest BCUT2D eigenvalue weighted by atomic mass is 19.1. The smallest absolute Gasteiger partial charge is 0.123 e. The number of rotatable bonds is 3. The Balaban J connectivity index is 1.44. The third-order valence-corrected chi connectivity index (χ3v) is 4.93. The van der Waals surface area contributed by atoms with Gasteiger partial charge in [0.1, 0.15) is 17.6 Å². The summed E-state index contributed by atoms with van der Waals surface area (Å²) in [7, 11) is 0. The molecule has 2 N–H and O–H groups in total. The number of halogens is 1. The second kappa shape index (κ2) is 6.58. The van der Waals surface area contributed by atoms with Gasteiger partial charge in [0.15, 0.2) is 0 Å². The molecular weight excluding hydrogens is 309 g/mol. The molecule has 0 amide bonds. The number of nitrogens with zero attached hydrogens (tertiary/aromatic N) is 4. The van der Waals surface area contributed by atoms with Crippen LogP contribution in [0.15, 0.2) is 24.3 Å². The van der Waals surface area contributed by atoms with Crippen LogP contribution in [0.25, 0.3) is 0 Å². The lowest BCUT2D eigenvalue weighted by Crippen LogP contribution is -2.39. The van der Waals surface area contributed by atoms with Crippen molar-refractivity contribution in [3.05, 3.63) is 47.0 Å². The van der Waals surface area contributed by atoms with Crippen LogP contribution in [0.5, 0.6) is 0 Å². The van der Waals surface area contributed by atoms with Crippen molar-refractivity contribution in [1.82, 2.24) is 19.9 Å². The topological polar surface area (TPSA) is 69.2 Å². The third-order valence-electron chi connectivity index (χ3n) is 4.93. The summed E-state index contributed by atoms with van der Waals surface area (Å²) in [4.78, 5) is 2.38. The highest BCUT2D eigenvalue weighted by molar-refractivity contribution is 5.20. The summed E-state index contributed by atoms with van der Waals surface area (Å²) < 4.78 is 21.0. The molecule has 0 aliphatic carbocycles. The first-order valence-corrected chi connectivity index (χ1v) is 8.45. The lowest BCUT2D eigenvalue weighted by atomic mass is 10.1. The lowest BCUT2D eigenvalue weighted by molar-refractivity contribution is -0.00218. The molecule has 0 saturated carbocycles. The molecule has 0 unspecified atom stereocenters. The van der Waals surface area contributed by atoms with E-state index in [1.54, 1.807) is 12.1 Å². The van der Waals surface area contributed by atoms with Gasteiger partial charge in [0.2, 0.25) is 0 Å². The minimum absolute atomic E-state index is 0.111. The Kier molecular flexibility index (Phi) is 4.30. The van der Waals surface area contributed by atoms with E-state index < -0.39 is 0 Å². The van der Waals surface area contributed by atoms with Crippen molar-refractivity contribution in [1.29, 1.82) is 0 Å². The first kappa shape index (κ1) is 15.7. The Morgan fingerprint density at radius 1 is 1.21 bits per heavy atom. The van der Waals surface area contributed by atoms with Gasteiger partial charge in [-0.1, -0.05) is 17.3 Å². The Hall–Kier alpha value is -1.83. The van der Waals surface area contributed by atoms with Crippen molar-refractivity contribution in [2.45, 2.75) is 44.7 Å². The molecule has 1 aromatic heterocycles. The highest BCUT2D eigenvalue weighted by Crippen LogP contribution is 2.27. The standard InChI is InChI=1S/C17H22FN5O/c18-13-3-1-12(2-4-13)17-10-23-16(11-24-17)15(20-21-23)9-22-7-5-14(19)6-8-22/h1-4,14,17H,5-11,19H2/t17-/m0/s1. The Labute approximate surface area is 140 Å². The Morgan fingerprint density at radius 2 is 1.96 bits per heavy atom. The number of hydrogen-bond donors (Lipinski definition) is 1. The maximum absolute atomic E-state index is 13.1. The van der Waals surface area contributed by atoms with Crippen LogP contribution in [-0.2, 0) is 24.4 Å². The van der Waals surface area contributed by atoms with Crippen LogP contribution in [0.2, 0.25) is 0 Å². The SMILES string of the molecule is NC1CCN(Cc2nnn3c2CO[C@H](c2ccc(F)cc2)C3)CC1. The minimum Gasteiger partial charge on any atom is -0.365 e. The van der Waals surface area contributed by atoms with Gasteiger partial charge in [-0.2, -0.15) is 0 Å². The van der Waals surface area contributed by atoms with Gasteiger partial charge in [0, 0.05) is 25.7 Å². The predicted octanol–water partition coefficient (Wildman–Crippen LogP) is 1.61. The van der Waals surface area contributed by atoms with E-state index >= 15 is 0 Å². The minimum atomic E-state index is -0.237. The normalized spacial score (nSPS) is 22.5. The molecule has 1 aromatic carbocycles. The molecule has 6 nitrogen and oxygen atoms in total. The van der Waals surface area contributed by atoms with Crippen molar-refractivity contribution in [3.63, 3.8) is 0 Å². The van der Waals surface area contributed by atoms with Crippen LogP contribution >= 0.6 is 0 Å². The number of hydrogen-bond acceptors (Lipinski definition) is 5. The zero-order chi connectivity index (χ0) is 16.5. The molecule has 2 aliphatic heterocycles. The number of likely N-dealkylation sites (tertiary alicyclic amines) is 1. The second-order valence-electron chi connectivity index (χ2n) is 6.63. The summed E-state index contributed by atoms with van der Waals surface area (Å²) in [6.07, 6.45) is 1.96. The third kappa shape index (κ3) is 3.19. The monoisotopic (exact) mass is 331 g/mol. The van der Waals surface area contributed by atoms with Crippen molar-refractivity contribution >= 4 is 0 Å². The molecule has 2 aromatic rings. The van der Waals surface area contributed by atoms with Crippen molar-refractivity contribution in [3.8, 4) is 0 Å². The van der Waals surface area contributed by atoms with Gasteiger partial charge in [-0.25, -0.2) is 9.07 Å². The summed E-state index contributed by atoms with van der Waals surface area (Å²) in [5, 5.41) is 8.64. The van der Waals surface area contributed by atoms with Gasteiger partial charge < -0.3 is 10.5 Å². The number of ether oxygens (including phenoxy) is 1. The van der Waals surface area contributed by atoms with Gasteiger partial charge >= 0.3 is 0 Å². The molecule has 1 saturated heterocycles. The number of nitrogens with two attached hydrogens (primary N) is 1. The quantitative estimate of drug-likeness (QED) is 0.925. The van der Waals surface area contributed by atoms with E-state index in [0.717, 1.165) is 49.4 Å². The van der Waals surface area contributed by atoms with Crippen LogP contribution < -0.4 is 5.73 Å². The Morgan fingerprint density at radius 3 is 2.71 bits per heavy atom. The first-order chi connectivity index (χ1) is 11.7. The average Bonchev–Trinajstić information content (AvgIpc) is 3.00. The van der Waals surface area contributed by atoms with Gasteiger partial charge in [-0.15, -0.1) is 5.10 Å². The molecule has 3 heterocycles. The molecule has 1 atom stereocenters. The van der Waals surface area contributed by atoms with Crippen LogP contribution in [-0.4, -0.2) is 39.0 Å². The largest absolute Gasteiger partial charge is 0.365 e. The number of fused-ring (bicyclic) bond motifs is 1. The van der Waals surface area contributed by atoms with Crippen LogP contribution in [0.3, 0.4) is 0 Å². The van der Waals surface area contributed by atoms with Crippen LogP contribution in [0.1, 0.15) is 35.9 Å². The highest BCUT2D eigenvalue weighted by Gasteiger charge is 2.26. The van der Waals surface area contributed by atoms with Crippen molar-refractivity contribution in [2.75, 3.05) is 13.1 Å². The molecule has 4 rings (SSSR count). The number of piperidine rings is 1. The molecule has 2 aliphatic rings. The summed E-state index contributed by atoms with van der Waals surface area (Å²) in [6, 6.07) is 6.78. The molecule has 0 spiro atoms. The van der Waals surface area contributed by atoms with Gasteiger partial charge in [-0.3, -0.25) is 4.90 Å². The molecule has 128 valence electrons.